The van der Waals surface area contributed by atoms with Crippen LogP contribution in [0.4, 0.5) is 13.2 Å². The molecule has 0 aromatic carbocycles. The van der Waals surface area contributed by atoms with Gasteiger partial charge in [0.2, 0.25) is 0 Å². The van der Waals surface area contributed by atoms with E-state index in [2.05, 4.69) is 0 Å². The second-order valence-electron chi connectivity index (χ2n) is 4.33. The smallest absolute Gasteiger partial charge is 0.388 e. The maximum absolute atomic E-state index is 11.8. The standard InChI is InChI=1S/C10H19F3O2/c1-8(2)15-7-9(3,14)5-4-6-10(11,12)13/h8,14H,4-7H2,1-3H3. The summed E-state index contributed by atoms with van der Waals surface area (Å²) in [6.07, 6.45) is -5.00. The maximum Gasteiger partial charge on any atom is 0.389 e. The molecule has 2 nitrogen and oxygen atoms in total. The molecule has 1 unspecified atom stereocenters. The molecule has 0 spiro atoms. The molecule has 0 amide bonds. The molecule has 1 atom stereocenters. The number of alkyl halides is 3. The molecule has 0 aliphatic heterocycles. The summed E-state index contributed by atoms with van der Waals surface area (Å²) in [5.74, 6) is 0. The highest BCUT2D eigenvalue weighted by atomic mass is 19.4. The number of rotatable bonds is 6. The third-order valence-corrected chi connectivity index (χ3v) is 1.90. The third-order valence-electron chi connectivity index (χ3n) is 1.90. The van der Waals surface area contributed by atoms with Gasteiger partial charge in [0.05, 0.1) is 18.3 Å². The third kappa shape index (κ3) is 10.0. The fourth-order valence-electron chi connectivity index (χ4n) is 1.09. The van der Waals surface area contributed by atoms with E-state index in [4.69, 9.17) is 4.74 Å². The SMILES string of the molecule is CC(C)OCC(C)(O)CCCC(F)(F)F. The van der Waals surface area contributed by atoms with Crippen LogP contribution in [0, 0.1) is 0 Å². The van der Waals surface area contributed by atoms with Crippen molar-refractivity contribution in [3.05, 3.63) is 0 Å². The molecule has 0 aromatic rings. The Kier molecular flexibility index (Phi) is 5.59. The van der Waals surface area contributed by atoms with Crippen LogP contribution >= 0.6 is 0 Å². The molecule has 15 heavy (non-hydrogen) atoms. The second kappa shape index (κ2) is 5.70. The molecule has 0 aliphatic rings. The van der Waals surface area contributed by atoms with Gasteiger partial charge in [0.1, 0.15) is 0 Å². The summed E-state index contributed by atoms with van der Waals surface area (Å²) in [6.45, 7) is 5.19. The summed E-state index contributed by atoms with van der Waals surface area (Å²) < 4.78 is 40.7. The Morgan fingerprint density at radius 3 is 2.13 bits per heavy atom. The quantitative estimate of drug-likeness (QED) is 0.757. The van der Waals surface area contributed by atoms with Gasteiger partial charge in [-0.25, -0.2) is 0 Å². The van der Waals surface area contributed by atoms with Crippen molar-refractivity contribution in [2.75, 3.05) is 6.61 Å². The number of hydrogen-bond donors (Lipinski definition) is 1. The molecule has 0 aliphatic carbocycles. The summed E-state index contributed by atoms with van der Waals surface area (Å²) in [4.78, 5) is 0. The van der Waals surface area contributed by atoms with Crippen molar-refractivity contribution in [3.8, 4) is 0 Å². The number of halogens is 3. The van der Waals surface area contributed by atoms with Crippen LogP contribution in [0.2, 0.25) is 0 Å². The van der Waals surface area contributed by atoms with E-state index in [9.17, 15) is 18.3 Å². The molecule has 0 heterocycles. The van der Waals surface area contributed by atoms with Crippen molar-refractivity contribution in [1.82, 2.24) is 0 Å². The van der Waals surface area contributed by atoms with E-state index in [1.54, 1.807) is 0 Å². The van der Waals surface area contributed by atoms with Crippen LogP contribution in [0.5, 0.6) is 0 Å². The van der Waals surface area contributed by atoms with Crippen molar-refractivity contribution in [1.29, 1.82) is 0 Å². The lowest BCUT2D eigenvalue weighted by Crippen LogP contribution is -2.32. The van der Waals surface area contributed by atoms with E-state index in [1.807, 2.05) is 13.8 Å². The van der Waals surface area contributed by atoms with E-state index in [0.29, 0.717) is 0 Å². The summed E-state index contributed by atoms with van der Waals surface area (Å²) in [5, 5.41) is 9.67. The molecule has 0 fully saturated rings. The van der Waals surface area contributed by atoms with Gasteiger partial charge in [-0.1, -0.05) is 0 Å². The average Bonchev–Trinajstić information content (AvgIpc) is 1.98. The van der Waals surface area contributed by atoms with Crippen molar-refractivity contribution >= 4 is 0 Å². The zero-order chi connectivity index (χ0) is 12.1. The highest BCUT2D eigenvalue weighted by Crippen LogP contribution is 2.25. The molecule has 0 aromatic heterocycles. The fraction of sp³-hybridized carbons (Fsp3) is 1.00. The van der Waals surface area contributed by atoms with E-state index in [-0.39, 0.29) is 25.6 Å². The van der Waals surface area contributed by atoms with Gasteiger partial charge in [0.15, 0.2) is 0 Å². The average molecular weight is 228 g/mol. The fourth-order valence-corrected chi connectivity index (χ4v) is 1.09. The Labute approximate surface area is 88.4 Å². The highest BCUT2D eigenvalue weighted by Gasteiger charge is 2.29. The molecule has 0 saturated carbocycles. The van der Waals surface area contributed by atoms with Crippen LogP contribution in [0.25, 0.3) is 0 Å². The van der Waals surface area contributed by atoms with E-state index in [0.717, 1.165) is 0 Å². The number of hydrogen-bond acceptors (Lipinski definition) is 2. The first kappa shape index (κ1) is 14.7. The van der Waals surface area contributed by atoms with Gasteiger partial charge in [-0.3, -0.25) is 0 Å². The minimum absolute atomic E-state index is 0.0286. The number of ether oxygens (including phenoxy) is 1. The predicted molar refractivity (Wildman–Crippen MR) is 51.6 cm³/mol. The van der Waals surface area contributed by atoms with Gasteiger partial charge in [-0.05, 0) is 33.6 Å². The van der Waals surface area contributed by atoms with Crippen LogP contribution in [0.1, 0.15) is 40.0 Å². The monoisotopic (exact) mass is 228 g/mol. The van der Waals surface area contributed by atoms with Gasteiger partial charge in [-0.15, -0.1) is 0 Å². The van der Waals surface area contributed by atoms with Gasteiger partial charge in [0.25, 0.3) is 0 Å². The highest BCUT2D eigenvalue weighted by molar-refractivity contribution is 4.72. The zero-order valence-electron chi connectivity index (χ0n) is 9.40. The van der Waals surface area contributed by atoms with E-state index in [1.165, 1.54) is 6.92 Å². The maximum atomic E-state index is 11.8. The molecule has 0 bridgehead atoms. The largest absolute Gasteiger partial charge is 0.389 e. The molecule has 1 N–H and O–H groups in total. The van der Waals surface area contributed by atoms with Crippen LogP contribution in [0.15, 0.2) is 0 Å². The summed E-state index contributed by atoms with van der Waals surface area (Å²) >= 11 is 0. The summed E-state index contributed by atoms with van der Waals surface area (Å²) in [7, 11) is 0. The van der Waals surface area contributed by atoms with Crippen molar-refractivity contribution in [2.24, 2.45) is 0 Å². The Hall–Kier alpha value is -0.290. The summed E-state index contributed by atoms with van der Waals surface area (Å²) in [5.41, 5.74) is -1.17. The van der Waals surface area contributed by atoms with Crippen LogP contribution in [-0.4, -0.2) is 29.6 Å². The first-order valence-electron chi connectivity index (χ1n) is 5.03. The lowest BCUT2D eigenvalue weighted by Gasteiger charge is -2.24. The molecule has 0 rings (SSSR count). The van der Waals surface area contributed by atoms with Gasteiger partial charge < -0.3 is 9.84 Å². The second-order valence-corrected chi connectivity index (χ2v) is 4.33. The van der Waals surface area contributed by atoms with Crippen LogP contribution in [0.3, 0.4) is 0 Å². The van der Waals surface area contributed by atoms with E-state index < -0.39 is 18.2 Å². The Bertz CT molecular complexity index is 176. The van der Waals surface area contributed by atoms with Crippen LogP contribution < -0.4 is 0 Å². The zero-order valence-corrected chi connectivity index (χ0v) is 9.40. The van der Waals surface area contributed by atoms with Crippen LogP contribution in [-0.2, 0) is 4.74 Å². The lowest BCUT2D eigenvalue weighted by molar-refractivity contribution is -0.139. The minimum atomic E-state index is -4.14. The molecular weight excluding hydrogens is 209 g/mol. The molecule has 92 valence electrons. The van der Waals surface area contributed by atoms with E-state index >= 15 is 0 Å². The lowest BCUT2D eigenvalue weighted by atomic mass is 10.00. The van der Waals surface area contributed by atoms with Crippen molar-refractivity contribution in [3.63, 3.8) is 0 Å². The van der Waals surface area contributed by atoms with Gasteiger partial charge >= 0.3 is 6.18 Å². The molecule has 0 saturated heterocycles. The van der Waals surface area contributed by atoms with Crippen molar-refractivity contribution < 1.29 is 23.0 Å². The molecule has 5 heteroatoms. The Morgan fingerprint density at radius 2 is 1.73 bits per heavy atom. The number of aliphatic hydroxyl groups is 1. The predicted octanol–water partition coefficient (Wildman–Crippen LogP) is 2.90. The van der Waals surface area contributed by atoms with Crippen molar-refractivity contribution in [2.45, 2.75) is 57.9 Å². The minimum Gasteiger partial charge on any atom is -0.388 e. The Balaban J connectivity index is 3.74. The topological polar surface area (TPSA) is 29.5 Å². The first-order chi connectivity index (χ1) is 6.62. The Morgan fingerprint density at radius 1 is 1.20 bits per heavy atom. The van der Waals surface area contributed by atoms with Gasteiger partial charge in [-0.2, -0.15) is 13.2 Å². The first-order valence-corrected chi connectivity index (χ1v) is 5.03. The van der Waals surface area contributed by atoms with Gasteiger partial charge in [0, 0.05) is 6.42 Å². The normalized spacial score (nSPS) is 16.8. The molecular formula is C10H19F3O2. The molecule has 0 radical (unpaired) electrons. The summed E-state index contributed by atoms with van der Waals surface area (Å²) in [6, 6.07) is 0.